The molecule has 0 saturated carbocycles. The maximum atomic E-state index is 2.35. The zero-order valence-electron chi connectivity index (χ0n) is 3.69. The normalized spacial score (nSPS) is 13.9. The number of halogens is 1. The Morgan fingerprint density at radius 1 is 1.71 bits per heavy atom. The molecule has 2 heterocycles. The molecule has 0 unspecified atom stereocenters. The first-order valence-electron chi connectivity index (χ1n) is 2.21. The Morgan fingerprint density at radius 3 is 2.71 bits per heavy atom. The van der Waals surface area contributed by atoms with E-state index in [1.54, 1.807) is 0 Å². The SMILES string of the molecule is Ic1ccn2c1C2. The summed E-state index contributed by atoms with van der Waals surface area (Å²) in [5, 5.41) is 0. The van der Waals surface area contributed by atoms with Crippen LogP contribution in [-0.2, 0) is 6.54 Å². The summed E-state index contributed by atoms with van der Waals surface area (Å²) in [6.45, 7) is 1.19. The highest BCUT2D eigenvalue weighted by Crippen LogP contribution is 2.24. The second kappa shape index (κ2) is 1.05. The second-order valence-corrected chi connectivity index (χ2v) is 2.90. The number of hydrogen-bond donors (Lipinski definition) is 0. The van der Waals surface area contributed by atoms with Gasteiger partial charge in [0.1, 0.15) is 0 Å². The van der Waals surface area contributed by atoms with Crippen molar-refractivity contribution < 1.29 is 0 Å². The van der Waals surface area contributed by atoms with Crippen LogP contribution in [0.15, 0.2) is 12.3 Å². The minimum absolute atomic E-state index is 1.19. The summed E-state index contributed by atoms with van der Waals surface area (Å²) in [5.74, 6) is 0. The van der Waals surface area contributed by atoms with Gasteiger partial charge in [0.2, 0.25) is 0 Å². The van der Waals surface area contributed by atoms with Crippen LogP contribution in [0.1, 0.15) is 5.69 Å². The summed E-state index contributed by atoms with van der Waals surface area (Å²) in [5.41, 5.74) is 1.50. The average molecular weight is 205 g/mol. The Bertz CT molecular complexity index is 202. The average Bonchev–Trinajstić information content (AvgIpc) is 2.33. The smallest absolute Gasteiger partial charge is 0.0637 e. The maximum Gasteiger partial charge on any atom is 0.0637 e. The van der Waals surface area contributed by atoms with Crippen LogP contribution in [-0.4, -0.2) is 4.57 Å². The van der Waals surface area contributed by atoms with Crippen molar-refractivity contribution >= 4 is 22.6 Å². The van der Waals surface area contributed by atoms with Crippen molar-refractivity contribution in [3.8, 4) is 0 Å². The fraction of sp³-hybridized carbons (Fsp3) is 0.200. The summed E-state index contributed by atoms with van der Waals surface area (Å²) >= 11 is 2.35. The van der Waals surface area contributed by atoms with Crippen molar-refractivity contribution in [1.29, 1.82) is 0 Å². The van der Waals surface area contributed by atoms with Gasteiger partial charge in [-0.25, -0.2) is 0 Å². The topological polar surface area (TPSA) is 4.93 Å². The third kappa shape index (κ3) is 0.429. The van der Waals surface area contributed by atoms with Gasteiger partial charge in [0, 0.05) is 9.77 Å². The number of fused-ring (bicyclic) bond motifs is 1. The molecule has 0 aliphatic carbocycles. The molecular weight excluding hydrogens is 201 g/mol. The van der Waals surface area contributed by atoms with Crippen molar-refractivity contribution in [1.82, 2.24) is 4.57 Å². The minimum Gasteiger partial charge on any atom is -0.343 e. The van der Waals surface area contributed by atoms with Crippen LogP contribution in [0.25, 0.3) is 0 Å². The molecule has 1 nitrogen and oxygen atoms in total. The summed E-state index contributed by atoms with van der Waals surface area (Å²) in [6.07, 6.45) is 2.12. The zero-order valence-corrected chi connectivity index (χ0v) is 5.84. The molecule has 1 aliphatic heterocycles. The summed E-state index contributed by atoms with van der Waals surface area (Å²) in [6, 6.07) is 2.14. The van der Waals surface area contributed by atoms with Crippen molar-refractivity contribution in [2.24, 2.45) is 0 Å². The van der Waals surface area contributed by atoms with Crippen molar-refractivity contribution in [3.05, 3.63) is 21.5 Å². The Morgan fingerprint density at radius 2 is 2.57 bits per heavy atom. The van der Waals surface area contributed by atoms with E-state index in [1.807, 2.05) is 0 Å². The fourth-order valence-corrected chi connectivity index (χ4v) is 1.37. The molecule has 0 atom stereocenters. The van der Waals surface area contributed by atoms with E-state index in [-0.39, 0.29) is 0 Å². The predicted octanol–water partition coefficient (Wildman–Crippen LogP) is 1.45. The van der Waals surface area contributed by atoms with Crippen molar-refractivity contribution in [2.45, 2.75) is 6.54 Å². The lowest BCUT2D eigenvalue weighted by atomic mass is 10.5. The number of nitrogens with zero attached hydrogens (tertiary/aromatic N) is 1. The van der Waals surface area contributed by atoms with Gasteiger partial charge in [-0.2, -0.15) is 0 Å². The summed E-state index contributed by atoms with van der Waals surface area (Å²) in [4.78, 5) is 0. The van der Waals surface area contributed by atoms with Gasteiger partial charge >= 0.3 is 0 Å². The first-order valence-corrected chi connectivity index (χ1v) is 3.29. The molecule has 1 aromatic heterocycles. The van der Waals surface area contributed by atoms with Gasteiger partial charge in [0.25, 0.3) is 0 Å². The van der Waals surface area contributed by atoms with E-state index in [0.29, 0.717) is 0 Å². The third-order valence-corrected chi connectivity index (χ3v) is 2.22. The Hall–Kier alpha value is 0.01000. The number of hydrogen-bond acceptors (Lipinski definition) is 0. The highest BCUT2D eigenvalue weighted by molar-refractivity contribution is 14.1. The predicted molar refractivity (Wildman–Crippen MR) is 36.3 cm³/mol. The molecule has 0 amide bonds. The maximum absolute atomic E-state index is 2.35. The fourth-order valence-electron chi connectivity index (χ4n) is 0.733. The van der Waals surface area contributed by atoms with Gasteiger partial charge in [-0.1, -0.05) is 0 Å². The molecule has 0 spiro atoms. The van der Waals surface area contributed by atoms with Gasteiger partial charge in [-0.05, 0) is 28.7 Å². The third-order valence-electron chi connectivity index (χ3n) is 1.24. The van der Waals surface area contributed by atoms with Gasteiger partial charge in [0.05, 0.1) is 12.2 Å². The Kier molecular flexibility index (Phi) is 0.590. The molecule has 0 saturated heterocycles. The van der Waals surface area contributed by atoms with E-state index in [4.69, 9.17) is 0 Å². The van der Waals surface area contributed by atoms with Crippen LogP contribution in [0.2, 0.25) is 0 Å². The van der Waals surface area contributed by atoms with Crippen LogP contribution in [0.4, 0.5) is 0 Å². The largest absolute Gasteiger partial charge is 0.343 e. The Balaban J connectivity index is 2.76. The zero-order chi connectivity index (χ0) is 4.85. The molecule has 0 fully saturated rings. The molecular formula is C5H4IN. The lowest BCUT2D eigenvalue weighted by molar-refractivity contribution is 1.12. The van der Waals surface area contributed by atoms with E-state index in [2.05, 4.69) is 39.4 Å². The lowest BCUT2D eigenvalue weighted by Crippen LogP contribution is -1.59. The van der Waals surface area contributed by atoms with Crippen LogP contribution in [0.3, 0.4) is 0 Å². The second-order valence-electron chi connectivity index (χ2n) is 1.74. The first kappa shape index (κ1) is 3.95. The lowest BCUT2D eigenvalue weighted by Gasteiger charge is -1.69. The van der Waals surface area contributed by atoms with Crippen LogP contribution < -0.4 is 0 Å². The summed E-state index contributed by atoms with van der Waals surface area (Å²) < 4.78 is 3.65. The van der Waals surface area contributed by atoms with Gasteiger partial charge in [-0.3, -0.25) is 0 Å². The molecule has 0 bridgehead atoms. The standard InChI is InChI=1S/C5H4IN/c6-4-1-2-7-3-5(4)7/h1-2H,3H2. The highest BCUT2D eigenvalue weighted by Gasteiger charge is 2.17. The van der Waals surface area contributed by atoms with Crippen molar-refractivity contribution in [3.63, 3.8) is 0 Å². The van der Waals surface area contributed by atoms with Crippen LogP contribution in [0, 0.1) is 3.57 Å². The molecule has 0 N–H and O–H groups in total. The Labute approximate surface area is 55.5 Å². The van der Waals surface area contributed by atoms with Gasteiger partial charge < -0.3 is 4.57 Å². The van der Waals surface area contributed by atoms with E-state index in [0.717, 1.165) is 0 Å². The summed E-state index contributed by atoms with van der Waals surface area (Å²) in [7, 11) is 0. The van der Waals surface area contributed by atoms with E-state index < -0.39 is 0 Å². The number of aromatic nitrogens is 1. The number of rotatable bonds is 0. The molecule has 0 aromatic carbocycles. The molecule has 0 radical (unpaired) electrons. The molecule has 2 heteroatoms. The van der Waals surface area contributed by atoms with Crippen LogP contribution in [0.5, 0.6) is 0 Å². The monoisotopic (exact) mass is 205 g/mol. The van der Waals surface area contributed by atoms with Gasteiger partial charge in [0.15, 0.2) is 0 Å². The first-order chi connectivity index (χ1) is 3.38. The quantitative estimate of drug-likeness (QED) is 0.573. The molecule has 2 rings (SSSR count). The van der Waals surface area contributed by atoms with E-state index in [9.17, 15) is 0 Å². The molecule has 1 aliphatic rings. The molecule has 36 valence electrons. The minimum atomic E-state index is 1.19. The van der Waals surface area contributed by atoms with Crippen molar-refractivity contribution in [2.75, 3.05) is 0 Å². The van der Waals surface area contributed by atoms with E-state index in [1.165, 1.54) is 15.8 Å². The van der Waals surface area contributed by atoms with Crippen LogP contribution >= 0.6 is 22.6 Å². The molecule has 1 aromatic rings. The molecule has 7 heavy (non-hydrogen) atoms. The van der Waals surface area contributed by atoms with Gasteiger partial charge in [-0.15, -0.1) is 0 Å². The highest BCUT2D eigenvalue weighted by atomic mass is 127. The van der Waals surface area contributed by atoms with E-state index >= 15 is 0 Å².